The van der Waals surface area contributed by atoms with Gasteiger partial charge in [0.25, 0.3) is 0 Å². The standard InChI is InChI=1S/C20H34N4O3S.HI/c1-5-6-7-8-9-15-24(3)20(21-2)22-17-18-10-12-19(13-11-18)28(25,26)23-14-16-27-4;/h5,10-13,23H,1,6-9,14-17H2,2-4H3,(H,21,22);1H. The third-order valence-electron chi connectivity index (χ3n) is 4.26. The summed E-state index contributed by atoms with van der Waals surface area (Å²) in [6.07, 6.45) is 6.45. The Bertz CT molecular complexity index is 709. The van der Waals surface area contributed by atoms with Crippen LogP contribution >= 0.6 is 24.0 Å². The minimum Gasteiger partial charge on any atom is -0.383 e. The van der Waals surface area contributed by atoms with E-state index in [1.807, 2.05) is 13.1 Å². The first-order valence-corrected chi connectivity index (χ1v) is 11.0. The zero-order valence-corrected chi connectivity index (χ0v) is 20.8. The van der Waals surface area contributed by atoms with Crippen molar-refractivity contribution >= 4 is 40.0 Å². The molecular weight excluding hydrogens is 503 g/mol. The van der Waals surface area contributed by atoms with Crippen LogP contribution in [0.4, 0.5) is 0 Å². The number of aliphatic imine (C=N–C) groups is 1. The van der Waals surface area contributed by atoms with Crippen LogP contribution in [0.15, 0.2) is 46.8 Å². The minimum absolute atomic E-state index is 0. The molecule has 1 aromatic rings. The van der Waals surface area contributed by atoms with E-state index in [9.17, 15) is 8.42 Å². The Balaban J connectivity index is 0.00000784. The van der Waals surface area contributed by atoms with Crippen LogP contribution < -0.4 is 10.0 Å². The highest BCUT2D eigenvalue weighted by Gasteiger charge is 2.13. The van der Waals surface area contributed by atoms with E-state index >= 15 is 0 Å². The second-order valence-corrected chi connectivity index (χ2v) is 8.26. The number of guanidine groups is 1. The molecule has 0 bridgehead atoms. The maximum Gasteiger partial charge on any atom is 0.240 e. The SMILES string of the molecule is C=CCCCCCN(C)C(=NC)NCc1ccc(S(=O)(=O)NCCOC)cc1.I. The summed E-state index contributed by atoms with van der Waals surface area (Å²) in [4.78, 5) is 6.66. The topological polar surface area (TPSA) is 83.0 Å². The molecule has 0 saturated carbocycles. The summed E-state index contributed by atoms with van der Waals surface area (Å²) in [7, 11) is 1.81. The van der Waals surface area contributed by atoms with Crippen molar-refractivity contribution in [3.63, 3.8) is 0 Å². The molecule has 9 heteroatoms. The Hall–Kier alpha value is -1.17. The molecule has 0 heterocycles. The highest BCUT2D eigenvalue weighted by atomic mass is 127. The lowest BCUT2D eigenvalue weighted by Gasteiger charge is -2.22. The summed E-state index contributed by atoms with van der Waals surface area (Å²) in [6, 6.07) is 6.83. The molecule has 7 nitrogen and oxygen atoms in total. The van der Waals surface area contributed by atoms with Crippen LogP contribution in [0.25, 0.3) is 0 Å². The van der Waals surface area contributed by atoms with Gasteiger partial charge in [-0.25, -0.2) is 13.1 Å². The number of hydrogen-bond donors (Lipinski definition) is 2. The molecule has 0 aliphatic rings. The van der Waals surface area contributed by atoms with Gasteiger partial charge in [-0.05, 0) is 37.0 Å². The monoisotopic (exact) mass is 538 g/mol. The van der Waals surface area contributed by atoms with Gasteiger partial charge in [0.2, 0.25) is 10.0 Å². The van der Waals surface area contributed by atoms with Crippen molar-refractivity contribution < 1.29 is 13.2 Å². The number of nitrogens with zero attached hydrogens (tertiary/aromatic N) is 2. The molecule has 0 atom stereocenters. The van der Waals surface area contributed by atoms with E-state index in [0.29, 0.717) is 13.2 Å². The molecule has 0 radical (unpaired) electrons. The third-order valence-corrected chi connectivity index (χ3v) is 5.73. The molecule has 0 aliphatic heterocycles. The molecule has 0 aromatic heterocycles. The first-order valence-electron chi connectivity index (χ1n) is 9.54. The molecule has 166 valence electrons. The lowest BCUT2D eigenvalue weighted by Crippen LogP contribution is -2.39. The summed E-state index contributed by atoms with van der Waals surface area (Å²) >= 11 is 0. The van der Waals surface area contributed by atoms with E-state index in [1.54, 1.807) is 31.3 Å². The van der Waals surface area contributed by atoms with E-state index in [-0.39, 0.29) is 35.4 Å². The average Bonchev–Trinajstić information content (AvgIpc) is 2.69. The fourth-order valence-corrected chi connectivity index (χ4v) is 3.65. The Morgan fingerprint density at radius 2 is 1.93 bits per heavy atom. The lowest BCUT2D eigenvalue weighted by atomic mass is 10.2. The minimum atomic E-state index is -3.50. The molecule has 0 spiro atoms. The second-order valence-electron chi connectivity index (χ2n) is 6.49. The Labute approximate surface area is 193 Å². The van der Waals surface area contributed by atoms with Crippen molar-refractivity contribution in [1.29, 1.82) is 0 Å². The number of halogens is 1. The predicted molar refractivity (Wildman–Crippen MR) is 130 cm³/mol. The molecule has 0 saturated heterocycles. The van der Waals surface area contributed by atoms with Crippen LogP contribution in [0, 0.1) is 0 Å². The summed E-state index contributed by atoms with van der Waals surface area (Å²) in [5.41, 5.74) is 0.983. The highest BCUT2D eigenvalue weighted by Crippen LogP contribution is 2.10. The zero-order valence-electron chi connectivity index (χ0n) is 17.7. The van der Waals surface area contributed by atoms with Gasteiger partial charge >= 0.3 is 0 Å². The van der Waals surface area contributed by atoms with Crippen LogP contribution in [0.1, 0.15) is 31.2 Å². The van der Waals surface area contributed by atoms with E-state index in [1.165, 1.54) is 20.0 Å². The van der Waals surface area contributed by atoms with Crippen LogP contribution in [0.5, 0.6) is 0 Å². The van der Waals surface area contributed by atoms with E-state index in [4.69, 9.17) is 4.74 Å². The number of sulfonamides is 1. The number of nitrogens with one attached hydrogen (secondary N) is 2. The van der Waals surface area contributed by atoms with Crippen LogP contribution in [0.2, 0.25) is 0 Å². The summed E-state index contributed by atoms with van der Waals surface area (Å²) in [5, 5.41) is 3.32. The normalized spacial score (nSPS) is 11.6. The first-order chi connectivity index (χ1) is 13.4. The fourth-order valence-electron chi connectivity index (χ4n) is 2.63. The number of unbranched alkanes of at least 4 members (excludes halogenated alkanes) is 3. The summed E-state index contributed by atoms with van der Waals surface area (Å²) in [6.45, 7) is 5.83. The van der Waals surface area contributed by atoms with Gasteiger partial charge in [-0.2, -0.15) is 0 Å². The quantitative estimate of drug-likeness (QED) is 0.133. The van der Waals surface area contributed by atoms with Crippen molar-refractivity contribution in [2.75, 3.05) is 40.9 Å². The smallest absolute Gasteiger partial charge is 0.240 e. The maximum absolute atomic E-state index is 12.2. The molecule has 1 aromatic carbocycles. The predicted octanol–water partition coefficient (Wildman–Crippen LogP) is 2.98. The van der Waals surface area contributed by atoms with Crippen molar-refractivity contribution in [2.24, 2.45) is 4.99 Å². The number of hydrogen-bond acceptors (Lipinski definition) is 4. The lowest BCUT2D eigenvalue weighted by molar-refractivity contribution is 0.204. The van der Waals surface area contributed by atoms with Gasteiger partial charge in [-0.3, -0.25) is 4.99 Å². The Kier molecular flexibility index (Phi) is 15.0. The number of methoxy groups -OCH3 is 1. The van der Waals surface area contributed by atoms with Gasteiger partial charge in [0.05, 0.1) is 11.5 Å². The van der Waals surface area contributed by atoms with Crippen molar-refractivity contribution in [2.45, 2.75) is 37.1 Å². The number of ether oxygens (including phenoxy) is 1. The largest absolute Gasteiger partial charge is 0.383 e. The number of benzene rings is 1. The van der Waals surface area contributed by atoms with E-state index in [0.717, 1.165) is 30.9 Å². The van der Waals surface area contributed by atoms with Gasteiger partial charge in [-0.15, -0.1) is 30.6 Å². The first kappa shape index (κ1) is 27.8. The molecule has 29 heavy (non-hydrogen) atoms. The average molecular weight is 538 g/mol. The third kappa shape index (κ3) is 11.0. The summed E-state index contributed by atoms with van der Waals surface area (Å²) < 4.78 is 31.7. The number of rotatable bonds is 13. The molecule has 1 rings (SSSR count). The van der Waals surface area contributed by atoms with Crippen molar-refractivity contribution in [3.05, 3.63) is 42.5 Å². The maximum atomic E-state index is 12.2. The molecule has 0 fully saturated rings. The van der Waals surface area contributed by atoms with E-state index in [2.05, 4.69) is 26.5 Å². The Morgan fingerprint density at radius 3 is 2.52 bits per heavy atom. The van der Waals surface area contributed by atoms with Crippen molar-refractivity contribution in [1.82, 2.24) is 14.9 Å². The second kappa shape index (κ2) is 15.6. The highest BCUT2D eigenvalue weighted by molar-refractivity contribution is 14.0. The fraction of sp³-hybridized carbons (Fsp3) is 0.550. The molecule has 2 N–H and O–H groups in total. The molecule has 0 aliphatic carbocycles. The zero-order chi connectivity index (χ0) is 20.8. The van der Waals surface area contributed by atoms with Gasteiger partial charge in [0, 0.05) is 40.8 Å². The van der Waals surface area contributed by atoms with E-state index < -0.39 is 10.0 Å². The van der Waals surface area contributed by atoms with Gasteiger partial charge in [-0.1, -0.05) is 24.6 Å². The van der Waals surface area contributed by atoms with Crippen molar-refractivity contribution in [3.8, 4) is 0 Å². The van der Waals surface area contributed by atoms with Crippen LogP contribution in [-0.2, 0) is 21.3 Å². The van der Waals surface area contributed by atoms with Crippen LogP contribution in [0.3, 0.4) is 0 Å². The molecular formula is C20H35IN4O3S. The molecule has 0 unspecified atom stereocenters. The Morgan fingerprint density at radius 1 is 1.24 bits per heavy atom. The van der Waals surface area contributed by atoms with Crippen LogP contribution in [-0.4, -0.2) is 60.2 Å². The van der Waals surface area contributed by atoms with Gasteiger partial charge in [0.1, 0.15) is 0 Å². The van der Waals surface area contributed by atoms with Gasteiger partial charge in [0.15, 0.2) is 5.96 Å². The molecule has 0 amide bonds. The number of allylic oxidation sites excluding steroid dienone is 1. The summed E-state index contributed by atoms with van der Waals surface area (Å²) in [5.74, 6) is 0.821. The van der Waals surface area contributed by atoms with Gasteiger partial charge < -0.3 is 15.0 Å².